The third-order valence-corrected chi connectivity index (χ3v) is 5.09. The Kier molecular flexibility index (Phi) is 4.62. The van der Waals surface area contributed by atoms with Crippen molar-refractivity contribution in [1.29, 1.82) is 0 Å². The van der Waals surface area contributed by atoms with E-state index in [9.17, 15) is 0 Å². The zero-order valence-electron chi connectivity index (χ0n) is 16.8. The van der Waals surface area contributed by atoms with E-state index in [2.05, 4.69) is 35.3 Å². The van der Waals surface area contributed by atoms with Crippen LogP contribution in [-0.4, -0.2) is 36.6 Å². The molecule has 9 nitrogen and oxygen atoms in total. The Morgan fingerprint density at radius 2 is 2.07 bits per heavy atom. The second-order valence-corrected chi connectivity index (χ2v) is 7.42. The molecule has 9 heteroatoms. The van der Waals surface area contributed by atoms with Crippen molar-refractivity contribution < 1.29 is 4.52 Å². The number of rotatable bonds is 5. The summed E-state index contributed by atoms with van der Waals surface area (Å²) in [6, 6.07) is 9.65. The van der Waals surface area contributed by atoms with E-state index in [1.807, 2.05) is 44.2 Å². The van der Waals surface area contributed by atoms with Crippen LogP contribution in [0, 0.1) is 13.8 Å². The number of aromatic amines is 1. The highest BCUT2D eigenvalue weighted by Gasteiger charge is 2.32. The van der Waals surface area contributed by atoms with Crippen molar-refractivity contribution in [2.24, 2.45) is 0 Å². The molecule has 0 amide bonds. The van der Waals surface area contributed by atoms with Gasteiger partial charge in [-0.05, 0) is 38.8 Å². The van der Waals surface area contributed by atoms with Gasteiger partial charge in [0.2, 0.25) is 11.9 Å². The van der Waals surface area contributed by atoms with Gasteiger partial charge in [0.05, 0.1) is 11.7 Å². The minimum atomic E-state index is 0.0375. The number of anilines is 3. The van der Waals surface area contributed by atoms with Crippen LogP contribution in [0.25, 0.3) is 11.4 Å². The largest absolute Gasteiger partial charge is 0.358 e. The molecule has 0 spiro atoms. The number of hydrogen-bond donors (Lipinski definition) is 2. The lowest BCUT2D eigenvalue weighted by molar-refractivity contribution is 0.362. The van der Waals surface area contributed by atoms with E-state index in [0.29, 0.717) is 17.7 Å². The average molecular weight is 402 g/mol. The second-order valence-electron chi connectivity index (χ2n) is 7.42. The van der Waals surface area contributed by atoms with Crippen LogP contribution in [0.2, 0.25) is 0 Å². The number of aryl methyl sites for hydroxylation is 2. The molecule has 0 aliphatic carbocycles. The third-order valence-electron chi connectivity index (χ3n) is 5.09. The summed E-state index contributed by atoms with van der Waals surface area (Å²) in [6.07, 6.45) is 5.51. The molecule has 0 aromatic carbocycles. The van der Waals surface area contributed by atoms with Crippen LogP contribution in [0.15, 0.2) is 47.2 Å². The molecule has 1 fully saturated rings. The maximum atomic E-state index is 5.70. The Morgan fingerprint density at radius 1 is 1.13 bits per heavy atom. The zero-order chi connectivity index (χ0) is 20.5. The standard InChI is InChI=1S/C21H22N8O/c1-13-10-19(26-20-23-12-14(2)24-20)27-21(25-13)29-9-5-7-17(29)18-11-16(28-30-18)15-6-3-4-8-22-15/h3-4,6,8,10-12,17H,5,7,9H2,1-2H3,(H2,23,24,25,26,27). The molecule has 0 saturated carbocycles. The van der Waals surface area contributed by atoms with Crippen molar-refractivity contribution in [2.75, 3.05) is 16.8 Å². The lowest BCUT2D eigenvalue weighted by atomic mass is 10.1. The Morgan fingerprint density at radius 3 is 2.87 bits per heavy atom. The van der Waals surface area contributed by atoms with Crippen molar-refractivity contribution in [3.8, 4) is 11.4 Å². The molecule has 1 saturated heterocycles. The SMILES string of the molecule is Cc1cc(Nc2ncc(C)[nH]2)nc(N2CCCC2c2cc(-c3ccccn3)no2)n1. The molecule has 0 bridgehead atoms. The van der Waals surface area contributed by atoms with E-state index in [4.69, 9.17) is 9.51 Å². The first-order valence-electron chi connectivity index (χ1n) is 9.95. The van der Waals surface area contributed by atoms with Crippen molar-refractivity contribution in [2.45, 2.75) is 32.7 Å². The molecule has 5 rings (SSSR count). The molecule has 30 heavy (non-hydrogen) atoms. The van der Waals surface area contributed by atoms with Crippen molar-refractivity contribution in [3.63, 3.8) is 0 Å². The predicted molar refractivity (Wildman–Crippen MR) is 112 cm³/mol. The maximum Gasteiger partial charge on any atom is 0.228 e. The summed E-state index contributed by atoms with van der Waals surface area (Å²) in [6.45, 7) is 4.77. The fourth-order valence-corrected chi connectivity index (χ4v) is 3.73. The lowest BCUT2D eigenvalue weighted by Gasteiger charge is -2.23. The van der Waals surface area contributed by atoms with Gasteiger partial charge in [-0.1, -0.05) is 11.2 Å². The van der Waals surface area contributed by atoms with Gasteiger partial charge in [0.15, 0.2) is 5.76 Å². The lowest BCUT2D eigenvalue weighted by Crippen LogP contribution is -2.25. The highest BCUT2D eigenvalue weighted by Crippen LogP contribution is 2.36. The quantitative estimate of drug-likeness (QED) is 0.516. The highest BCUT2D eigenvalue weighted by atomic mass is 16.5. The van der Waals surface area contributed by atoms with E-state index in [1.54, 1.807) is 12.4 Å². The number of nitrogens with one attached hydrogen (secondary N) is 2. The van der Waals surface area contributed by atoms with E-state index in [0.717, 1.165) is 47.9 Å². The van der Waals surface area contributed by atoms with Crippen LogP contribution >= 0.6 is 0 Å². The molecule has 1 atom stereocenters. The Labute approximate surface area is 173 Å². The van der Waals surface area contributed by atoms with Crippen LogP contribution in [0.3, 0.4) is 0 Å². The molecule has 152 valence electrons. The molecular formula is C21H22N8O. The maximum absolute atomic E-state index is 5.70. The summed E-state index contributed by atoms with van der Waals surface area (Å²) >= 11 is 0. The van der Waals surface area contributed by atoms with Gasteiger partial charge in [-0.3, -0.25) is 4.98 Å². The van der Waals surface area contributed by atoms with Gasteiger partial charge in [-0.2, -0.15) is 4.98 Å². The molecule has 1 aliphatic heterocycles. The summed E-state index contributed by atoms with van der Waals surface area (Å²) in [5, 5.41) is 7.44. The first-order chi connectivity index (χ1) is 14.7. The zero-order valence-corrected chi connectivity index (χ0v) is 16.8. The van der Waals surface area contributed by atoms with Gasteiger partial charge < -0.3 is 19.7 Å². The Balaban J connectivity index is 1.42. The third kappa shape index (κ3) is 3.61. The molecule has 4 aromatic heterocycles. The first-order valence-corrected chi connectivity index (χ1v) is 9.95. The molecule has 2 N–H and O–H groups in total. The van der Waals surface area contributed by atoms with E-state index in [1.165, 1.54) is 0 Å². The molecule has 0 radical (unpaired) electrons. The Bertz CT molecular complexity index is 1150. The van der Waals surface area contributed by atoms with Crippen LogP contribution in [0.5, 0.6) is 0 Å². The number of aromatic nitrogens is 6. The van der Waals surface area contributed by atoms with Crippen LogP contribution in [0.4, 0.5) is 17.7 Å². The number of hydrogen-bond acceptors (Lipinski definition) is 8. The summed E-state index contributed by atoms with van der Waals surface area (Å²) in [5.74, 6) is 2.82. The smallest absolute Gasteiger partial charge is 0.228 e. The van der Waals surface area contributed by atoms with Gasteiger partial charge >= 0.3 is 0 Å². The molecule has 1 aliphatic rings. The average Bonchev–Trinajstić information content (AvgIpc) is 3.48. The Hall–Kier alpha value is -3.75. The number of H-pyrrole nitrogens is 1. The normalized spacial score (nSPS) is 16.2. The van der Waals surface area contributed by atoms with E-state index < -0.39 is 0 Å². The fourth-order valence-electron chi connectivity index (χ4n) is 3.73. The van der Waals surface area contributed by atoms with Gasteiger partial charge in [-0.15, -0.1) is 0 Å². The monoisotopic (exact) mass is 402 g/mol. The summed E-state index contributed by atoms with van der Waals surface area (Å²) in [7, 11) is 0. The van der Waals surface area contributed by atoms with Crippen LogP contribution < -0.4 is 10.2 Å². The number of imidazole rings is 1. The highest BCUT2D eigenvalue weighted by molar-refractivity contribution is 5.55. The van der Waals surface area contributed by atoms with Gasteiger partial charge in [0.1, 0.15) is 11.5 Å². The van der Waals surface area contributed by atoms with Crippen molar-refractivity contribution in [3.05, 3.63) is 59.9 Å². The number of nitrogens with zero attached hydrogens (tertiary/aromatic N) is 6. The second kappa shape index (κ2) is 7.58. The molecular weight excluding hydrogens is 380 g/mol. The van der Waals surface area contributed by atoms with E-state index >= 15 is 0 Å². The van der Waals surface area contributed by atoms with Crippen LogP contribution in [0.1, 0.15) is 36.0 Å². The van der Waals surface area contributed by atoms with Gasteiger partial charge in [0, 0.05) is 42.5 Å². The topological polar surface area (TPSA) is 109 Å². The molecule has 5 heterocycles. The molecule has 1 unspecified atom stereocenters. The minimum absolute atomic E-state index is 0.0375. The summed E-state index contributed by atoms with van der Waals surface area (Å²) in [5.41, 5.74) is 3.39. The molecule has 4 aromatic rings. The summed E-state index contributed by atoms with van der Waals surface area (Å²) < 4.78 is 5.70. The summed E-state index contributed by atoms with van der Waals surface area (Å²) in [4.78, 5) is 23.4. The first kappa shape index (κ1) is 18.3. The fraction of sp³-hybridized carbons (Fsp3) is 0.286. The van der Waals surface area contributed by atoms with E-state index in [-0.39, 0.29) is 6.04 Å². The number of pyridine rings is 1. The van der Waals surface area contributed by atoms with Crippen molar-refractivity contribution >= 4 is 17.7 Å². The minimum Gasteiger partial charge on any atom is -0.358 e. The predicted octanol–water partition coefficient (Wildman–Crippen LogP) is 3.95. The van der Waals surface area contributed by atoms with Gasteiger partial charge in [-0.25, -0.2) is 9.97 Å². The van der Waals surface area contributed by atoms with Crippen LogP contribution in [-0.2, 0) is 0 Å². The van der Waals surface area contributed by atoms with Gasteiger partial charge in [0.25, 0.3) is 0 Å². The van der Waals surface area contributed by atoms with Crippen molar-refractivity contribution in [1.82, 2.24) is 30.1 Å².